The van der Waals surface area contributed by atoms with Gasteiger partial charge >= 0.3 is 0 Å². The quantitative estimate of drug-likeness (QED) is 0.912. The average Bonchev–Trinajstić information content (AvgIpc) is 2.67. The first-order valence-electron chi connectivity index (χ1n) is 7.68. The van der Waals surface area contributed by atoms with E-state index in [0.717, 1.165) is 30.7 Å². The first-order chi connectivity index (χ1) is 10.1. The summed E-state index contributed by atoms with van der Waals surface area (Å²) in [5.74, 6) is 1.42. The van der Waals surface area contributed by atoms with Gasteiger partial charge in [-0.25, -0.2) is 0 Å². The van der Waals surface area contributed by atoms with Gasteiger partial charge in [0.1, 0.15) is 0 Å². The van der Waals surface area contributed by atoms with E-state index in [0.29, 0.717) is 30.0 Å². The molecule has 3 rings (SSSR count). The monoisotopic (exact) mass is 310 g/mol. The molecule has 1 saturated heterocycles. The lowest BCUT2D eigenvalue weighted by atomic mass is 9.99. The summed E-state index contributed by atoms with van der Waals surface area (Å²) < 4.78 is 11.5. The minimum Gasteiger partial charge on any atom is -0.489 e. The predicted octanol–water partition coefficient (Wildman–Crippen LogP) is 2.98. The summed E-state index contributed by atoms with van der Waals surface area (Å²) in [6.45, 7) is 6.74. The third-order valence-electron chi connectivity index (χ3n) is 4.31. The SMILES string of the molecule is CC(C)N1CCC(N)C1c1cc(Cl)c2c(c1)OCCCO2. The van der Waals surface area contributed by atoms with Gasteiger partial charge in [-0.15, -0.1) is 0 Å². The highest BCUT2D eigenvalue weighted by atomic mass is 35.5. The van der Waals surface area contributed by atoms with Crippen molar-refractivity contribution < 1.29 is 9.47 Å². The Morgan fingerprint density at radius 1 is 1.29 bits per heavy atom. The Morgan fingerprint density at radius 2 is 2.05 bits per heavy atom. The lowest BCUT2D eigenvalue weighted by molar-refractivity contribution is 0.197. The molecule has 1 aromatic carbocycles. The van der Waals surface area contributed by atoms with Crippen LogP contribution in [0.4, 0.5) is 0 Å². The van der Waals surface area contributed by atoms with Crippen LogP contribution in [0.5, 0.6) is 11.5 Å². The molecule has 2 aliphatic rings. The molecule has 0 bridgehead atoms. The second kappa shape index (κ2) is 6.03. The fraction of sp³-hybridized carbons (Fsp3) is 0.625. The first-order valence-corrected chi connectivity index (χ1v) is 8.06. The molecule has 4 nitrogen and oxygen atoms in total. The normalized spacial score (nSPS) is 26.1. The maximum absolute atomic E-state index is 6.41. The Kier molecular flexibility index (Phi) is 4.29. The van der Waals surface area contributed by atoms with E-state index in [4.69, 9.17) is 26.8 Å². The average molecular weight is 311 g/mol. The van der Waals surface area contributed by atoms with Crippen molar-refractivity contribution in [3.63, 3.8) is 0 Å². The largest absolute Gasteiger partial charge is 0.489 e. The van der Waals surface area contributed by atoms with Gasteiger partial charge in [0, 0.05) is 25.0 Å². The maximum atomic E-state index is 6.41. The first kappa shape index (κ1) is 14.9. The number of rotatable bonds is 2. The molecular formula is C16H23ClN2O2. The molecule has 0 aromatic heterocycles. The number of nitrogens with two attached hydrogens (primary N) is 1. The number of likely N-dealkylation sites (tertiary alicyclic amines) is 1. The molecule has 2 unspecified atom stereocenters. The van der Waals surface area contributed by atoms with Gasteiger partial charge < -0.3 is 15.2 Å². The van der Waals surface area contributed by atoms with Crippen LogP contribution in [0.15, 0.2) is 12.1 Å². The van der Waals surface area contributed by atoms with E-state index in [2.05, 4.69) is 24.8 Å². The van der Waals surface area contributed by atoms with Crippen molar-refractivity contribution in [3.05, 3.63) is 22.7 Å². The van der Waals surface area contributed by atoms with Gasteiger partial charge in [0.15, 0.2) is 11.5 Å². The second-order valence-electron chi connectivity index (χ2n) is 6.11. The number of fused-ring (bicyclic) bond motifs is 1. The zero-order valence-corrected chi connectivity index (χ0v) is 13.4. The minimum atomic E-state index is 0.133. The van der Waals surface area contributed by atoms with Gasteiger partial charge in [0.2, 0.25) is 0 Å². The molecular weight excluding hydrogens is 288 g/mol. The Morgan fingerprint density at radius 3 is 2.81 bits per heavy atom. The number of nitrogens with zero attached hydrogens (tertiary/aromatic N) is 1. The molecule has 2 atom stereocenters. The van der Waals surface area contributed by atoms with Crippen molar-refractivity contribution in [2.75, 3.05) is 19.8 Å². The Bertz CT molecular complexity index is 521. The van der Waals surface area contributed by atoms with Crippen LogP contribution in [0, 0.1) is 0 Å². The molecule has 2 heterocycles. The molecule has 1 fully saturated rings. The van der Waals surface area contributed by atoms with Crippen LogP contribution < -0.4 is 15.2 Å². The molecule has 116 valence electrons. The minimum absolute atomic E-state index is 0.133. The van der Waals surface area contributed by atoms with Gasteiger partial charge in [-0.3, -0.25) is 4.90 Å². The van der Waals surface area contributed by atoms with Crippen LogP contribution in [-0.4, -0.2) is 36.7 Å². The highest BCUT2D eigenvalue weighted by molar-refractivity contribution is 6.32. The molecule has 1 aromatic rings. The molecule has 2 N–H and O–H groups in total. The number of benzene rings is 1. The lowest BCUT2D eigenvalue weighted by Gasteiger charge is -2.31. The third-order valence-corrected chi connectivity index (χ3v) is 4.59. The Hall–Kier alpha value is -0.970. The Labute approximate surface area is 131 Å². The van der Waals surface area contributed by atoms with Crippen LogP contribution in [0.3, 0.4) is 0 Å². The van der Waals surface area contributed by atoms with E-state index in [1.807, 2.05) is 6.07 Å². The van der Waals surface area contributed by atoms with E-state index in [1.54, 1.807) is 0 Å². The van der Waals surface area contributed by atoms with Crippen LogP contribution in [0.1, 0.15) is 38.3 Å². The summed E-state index contributed by atoms with van der Waals surface area (Å²) in [7, 11) is 0. The molecule has 5 heteroatoms. The molecule has 21 heavy (non-hydrogen) atoms. The molecule has 0 saturated carbocycles. The van der Waals surface area contributed by atoms with E-state index in [-0.39, 0.29) is 12.1 Å². The summed E-state index contributed by atoms with van der Waals surface area (Å²) in [4.78, 5) is 2.43. The summed E-state index contributed by atoms with van der Waals surface area (Å²) >= 11 is 6.41. The predicted molar refractivity (Wildman–Crippen MR) is 84.2 cm³/mol. The van der Waals surface area contributed by atoms with Crippen molar-refractivity contribution in [3.8, 4) is 11.5 Å². The standard InChI is InChI=1S/C16H23ClN2O2/c1-10(2)19-5-4-13(18)15(19)11-8-12(17)16-14(9-11)20-6-3-7-21-16/h8-10,13,15H,3-7,18H2,1-2H3. The molecule has 0 spiro atoms. The number of hydrogen-bond donors (Lipinski definition) is 1. The van der Waals surface area contributed by atoms with Crippen LogP contribution in [0.25, 0.3) is 0 Å². The van der Waals surface area contributed by atoms with Crippen molar-refractivity contribution >= 4 is 11.6 Å². The van der Waals surface area contributed by atoms with Crippen molar-refractivity contribution in [1.82, 2.24) is 4.90 Å². The van der Waals surface area contributed by atoms with E-state index < -0.39 is 0 Å². The highest BCUT2D eigenvalue weighted by Crippen LogP contribution is 2.42. The van der Waals surface area contributed by atoms with E-state index in [1.165, 1.54) is 0 Å². The van der Waals surface area contributed by atoms with Gasteiger partial charge in [-0.05, 0) is 38.0 Å². The maximum Gasteiger partial charge on any atom is 0.179 e. The number of hydrogen-bond acceptors (Lipinski definition) is 4. The molecule has 2 aliphatic heterocycles. The highest BCUT2D eigenvalue weighted by Gasteiger charge is 2.35. The Balaban J connectivity index is 1.98. The van der Waals surface area contributed by atoms with Crippen LogP contribution in [-0.2, 0) is 0 Å². The second-order valence-corrected chi connectivity index (χ2v) is 6.52. The molecule has 0 amide bonds. The van der Waals surface area contributed by atoms with Crippen molar-refractivity contribution in [1.29, 1.82) is 0 Å². The smallest absolute Gasteiger partial charge is 0.179 e. The van der Waals surface area contributed by atoms with Gasteiger partial charge in [0.25, 0.3) is 0 Å². The molecule has 0 aliphatic carbocycles. The molecule has 0 radical (unpaired) electrons. The van der Waals surface area contributed by atoms with Crippen molar-refractivity contribution in [2.24, 2.45) is 5.73 Å². The van der Waals surface area contributed by atoms with E-state index in [9.17, 15) is 0 Å². The van der Waals surface area contributed by atoms with Crippen molar-refractivity contribution in [2.45, 2.75) is 44.8 Å². The summed E-state index contributed by atoms with van der Waals surface area (Å²) in [5, 5.41) is 0.618. The number of ether oxygens (including phenoxy) is 2. The topological polar surface area (TPSA) is 47.7 Å². The third kappa shape index (κ3) is 2.85. The zero-order valence-electron chi connectivity index (χ0n) is 12.6. The number of halogens is 1. The summed E-state index contributed by atoms with van der Waals surface area (Å²) in [5.41, 5.74) is 7.47. The fourth-order valence-corrected chi connectivity index (χ4v) is 3.55. The lowest BCUT2D eigenvalue weighted by Crippen LogP contribution is -2.35. The van der Waals surface area contributed by atoms with Crippen LogP contribution >= 0.6 is 11.6 Å². The van der Waals surface area contributed by atoms with Gasteiger partial charge in [-0.1, -0.05) is 11.6 Å². The van der Waals surface area contributed by atoms with E-state index >= 15 is 0 Å². The van der Waals surface area contributed by atoms with Gasteiger partial charge in [-0.2, -0.15) is 0 Å². The zero-order chi connectivity index (χ0) is 15.0. The fourth-order valence-electron chi connectivity index (χ4n) is 3.28. The summed E-state index contributed by atoms with van der Waals surface area (Å²) in [6.07, 6.45) is 1.89. The van der Waals surface area contributed by atoms with Crippen LogP contribution in [0.2, 0.25) is 5.02 Å². The van der Waals surface area contributed by atoms with Gasteiger partial charge in [0.05, 0.1) is 24.3 Å². The summed E-state index contributed by atoms with van der Waals surface area (Å²) in [6, 6.07) is 4.82.